The maximum atomic E-state index is 12.6. The van der Waals surface area contributed by atoms with E-state index in [1.807, 2.05) is 0 Å². The fourth-order valence-corrected chi connectivity index (χ4v) is 3.80. The second kappa shape index (κ2) is 7.74. The number of halogens is 2. The van der Waals surface area contributed by atoms with E-state index in [9.17, 15) is 13.2 Å². The van der Waals surface area contributed by atoms with E-state index in [2.05, 4.69) is 5.32 Å². The van der Waals surface area contributed by atoms with Gasteiger partial charge in [0.2, 0.25) is 10.0 Å². The molecule has 0 aromatic heterocycles. The summed E-state index contributed by atoms with van der Waals surface area (Å²) in [6, 6.07) is 10.5. The van der Waals surface area contributed by atoms with Crippen LogP contribution in [-0.2, 0) is 10.0 Å². The van der Waals surface area contributed by atoms with Crippen LogP contribution in [0.1, 0.15) is 24.2 Å². The molecule has 0 aliphatic carbocycles. The van der Waals surface area contributed by atoms with Crippen molar-refractivity contribution >= 4 is 44.8 Å². The SMILES string of the molecule is CC(C)N(C)S(=O)(=O)c1cccc(C(=O)Nc2cccc(Cl)c2Cl)c1. The summed E-state index contributed by atoms with van der Waals surface area (Å²) in [4.78, 5) is 12.5. The van der Waals surface area contributed by atoms with Gasteiger partial charge in [-0.1, -0.05) is 35.3 Å². The number of benzene rings is 2. The third-order valence-corrected chi connectivity index (χ3v) is 6.55. The molecule has 0 spiro atoms. The summed E-state index contributed by atoms with van der Waals surface area (Å²) in [5.74, 6) is -0.478. The van der Waals surface area contributed by atoms with Gasteiger partial charge in [-0.05, 0) is 44.2 Å². The highest BCUT2D eigenvalue weighted by Gasteiger charge is 2.24. The fraction of sp³-hybridized carbons (Fsp3) is 0.235. The highest BCUT2D eigenvalue weighted by molar-refractivity contribution is 7.89. The first-order chi connectivity index (χ1) is 11.6. The van der Waals surface area contributed by atoms with Crippen molar-refractivity contribution in [1.29, 1.82) is 0 Å². The van der Waals surface area contributed by atoms with Gasteiger partial charge in [0.05, 0.1) is 20.6 Å². The molecule has 0 fully saturated rings. The van der Waals surface area contributed by atoms with E-state index in [1.165, 1.54) is 35.6 Å². The third-order valence-electron chi connectivity index (χ3n) is 3.70. The molecule has 25 heavy (non-hydrogen) atoms. The fourth-order valence-electron chi connectivity index (χ4n) is 2.04. The number of anilines is 1. The Hall–Kier alpha value is -1.60. The molecule has 0 heterocycles. The number of hydrogen-bond donors (Lipinski definition) is 1. The van der Waals surface area contributed by atoms with Crippen LogP contribution in [0.25, 0.3) is 0 Å². The van der Waals surface area contributed by atoms with Crippen LogP contribution in [0, 0.1) is 0 Å². The molecule has 8 heteroatoms. The van der Waals surface area contributed by atoms with Gasteiger partial charge in [-0.15, -0.1) is 0 Å². The number of carbonyl (C=O) groups is 1. The van der Waals surface area contributed by atoms with Crippen LogP contribution < -0.4 is 5.32 Å². The molecule has 0 atom stereocenters. The quantitative estimate of drug-likeness (QED) is 0.814. The van der Waals surface area contributed by atoms with Crippen molar-refractivity contribution in [2.75, 3.05) is 12.4 Å². The minimum atomic E-state index is -3.68. The first kappa shape index (κ1) is 19.7. The molecule has 2 aromatic rings. The summed E-state index contributed by atoms with van der Waals surface area (Å²) in [6.45, 7) is 3.55. The molecule has 0 saturated carbocycles. The first-order valence-corrected chi connectivity index (χ1v) is 9.67. The second-order valence-corrected chi connectivity index (χ2v) is 8.48. The largest absolute Gasteiger partial charge is 0.321 e. The van der Waals surface area contributed by atoms with Crippen LogP contribution in [0.2, 0.25) is 10.0 Å². The molecule has 2 aromatic carbocycles. The summed E-state index contributed by atoms with van der Waals surface area (Å²) in [5.41, 5.74) is 0.556. The van der Waals surface area contributed by atoms with Gasteiger partial charge in [0.1, 0.15) is 0 Å². The molecule has 1 N–H and O–H groups in total. The zero-order valence-corrected chi connectivity index (χ0v) is 16.3. The number of rotatable bonds is 5. The molecule has 0 radical (unpaired) electrons. The van der Waals surface area contributed by atoms with Crippen LogP contribution in [0.3, 0.4) is 0 Å². The van der Waals surface area contributed by atoms with Gasteiger partial charge in [-0.25, -0.2) is 8.42 Å². The number of amides is 1. The number of nitrogens with zero attached hydrogens (tertiary/aromatic N) is 1. The molecule has 0 unspecified atom stereocenters. The smallest absolute Gasteiger partial charge is 0.255 e. The average Bonchev–Trinajstić information content (AvgIpc) is 2.58. The summed E-state index contributed by atoms with van der Waals surface area (Å²) in [5, 5.41) is 3.17. The molecule has 0 aliphatic rings. The van der Waals surface area contributed by atoms with Crippen molar-refractivity contribution in [2.45, 2.75) is 24.8 Å². The molecule has 1 amide bonds. The van der Waals surface area contributed by atoms with Gasteiger partial charge in [0, 0.05) is 18.7 Å². The van der Waals surface area contributed by atoms with Crippen LogP contribution in [-0.4, -0.2) is 31.7 Å². The summed E-state index contributed by atoms with van der Waals surface area (Å²) < 4.78 is 26.4. The zero-order chi connectivity index (χ0) is 18.8. The van der Waals surface area contributed by atoms with E-state index >= 15 is 0 Å². The standard InChI is InChI=1S/C17H18Cl2N2O3S/c1-11(2)21(3)25(23,24)13-7-4-6-12(10-13)17(22)20-15-9-5-8-14(18)16(15)19/h4-11H,1-3H3,(H,20,22). The van der Waals surface area contributed by atoms with E-state index < -0.39 is 15.9 Å². The summed E-state index contributed by atoms with van der Waals surface area (Å²) >= 11 is 12.0. The lowest BCUT2D eigenvalue weighted by atomic mass is 10.2. The lowest BCUT2D eigenvalue weighted by molar-refractivity contribution is 0.102. The predicted octanol–water partition coefficient (Wildman–Crippen LogP) is 4.27. The lowest BCUT2D eigenvalue weighted by Crippen LogP contribution is -2.33. The van der Waals surface area contributed by atoms with Crippen molar-refractivity contribution in [3.8, 4) is 0 Å². The predicted molar refractivity (Wildman–Crippen MR) is 101 cm³/mol. The monoisotopic (exact) mass is 400 g/mol. The van der Waals surface area contributed by atoms with Gasteiger partial charge in [0.25, 0.3) is 5.91 Å². The van der Waals surface area contributed by atoms with Crippen molar-refractivity contribution in [2.24, 2.45) is 0 Å². The average molecular weight is 401 g/mol. The van der Waals surface area contributed by atoms with Crippen LogP contribution in [0.4, 0.5) is 5.69 Å². The number of nitrogens with one attached hydrogen (secondary N) is 1. The van der Waals surface area contributed by atoms with Crippen LogP contribution >= 0.6 is 23.2 Å². The second-order valence-electron chi connectivity index (χ2n) is 5.70. The Morgan fingerprint density at radius 2 is 1.76 bits per heavy atom. The molecular formula is C17H18Cl2N2O3S. The number of hydrogen-bond acceptors (Lipinski definition) is 3. The Bertz CT molecular complexity index is 899. The lowest BCUT2D eigenvalue weighted by Gasteiger charge is -2.21. The minimum absolute atomic E-state index is 0.0496. The minimum Gasteiger partial charge on any atom is -0.321 e. The van der Waals surface area contributed by atoms with Crippen molar-refractivity contribution < 1.29 is 13.2 Å². The van der Waals surface area contributed by atoms with Crippen molar-refractivity contribution in [1.82, 2.24) is 4.31 Å². The van der Waals surface area contributed by atoms with E-state index in [0.717, 1.165) is 0 Å². The maximum absolute atomic E-state index is 12.6. The Morgan fingerprint density at radius 3 is 2.40 bits per heavy atom. The Kier molecular flexibility index (Phi) is 6.11. The van der Waals surface area contributed by atoms with Gasteiger partial charge in [-0.2, -0.15) is 4.31 Å². The third kappa shape index (κ3) is 4.33. The van der Waals surface area contributed by atoms with E-state index in [1.54, 1.807) is 32.0 Å². The van der Waals surface area contributed by atoms with E-state index in [-0.39, 0.29) is 21.5 Å². The van der Waals surface area contributed by atoms with E-state index in [4.69, 9.17) is 23.2 Å². The maximum Gasteiger partial charge on any atom is 0.255 e. The van der Waals surface area contributed by atoms with Crippen LogP contribution in [0.5, 0.6) is 0 Å². The molecule has 0 aliphatic heterocycles. The Labute approximate surface area is 157 Å². The number of sulfonamides is 1. The molecular weight excluding hydrogens is 383 g/mol. The molecule has 0 saturated heterocycles. The molecule has 5 nitrogen and oxygen atoms in total. The van der Waals surface area contributed by atoms with Gasteiger partial charge in [-0.3, -0.25) is 4.79 Å². The number of carbonyl (C=O) groups excluding carboxylic acids is 1. The van der Waals surface area contributed by atoms with Gasteiger partial charge < -0.3 is 5.32 Å². The summed E-state index contributed by atoms with van der Waals surface area (Å²) in [7, 11) is -2.18. The van der Waals surface area contributed by atoms with Crippen molar-refractivity contribution in [3.63, 3.8) is 0 Å². The zero-order valence-electron chi connectivity index (χ0n) is 14.0. The summed E-state index contributed by atoms with van der Waals surface area (Å²) in [6.07, 6.45) is 0. The molecule has 0 bridgehead atoms. The molecule has 134 valence electrons. The Morgan fingerprint density at radius 1 is 1.12 bits per heavy atom. The highest BCUT2D eigenvalue weighted by Crippen LogP contribution is 2.30. The molecule has 2 rings (SSSR count). The normalized spacial score (nSPS) is 11.8. The van der Waals surface area contributed by atoms with Gasteiger partial charge >= 0.3 is 0 Å². The van der Waals surface area contributed by atoms with Gasteiger partial charge in [0.15, 0.2) is 0 Å². The van der Waals surface area contributed by atoms with E-state index in [0.29, 0.717) is 10.7 Å². The van der Waals surface area contributed by atoms with Crippen molar-refractivity contribution in [3.05, 3.63) is 58.1 Å². The Balaban J connectivity index is 2.32. The highest BCUT2D eigenvalue weighted by atomic mass is 35.5. The van der Waals surface area contributed by atoms with Crippen LogP contribution in [0.15, 0.2) is 47.4 Å². The topological polar surface area (TPSA) is 66.5 Å². The first-order valence-electron chi connectivity index (χ1n) is 7.48.